The molecule has 1 aliphatic rings. The van der Waals surface area contributed by atoms with Crippen molar-refractivity contribution in [1.29, 1.82) is 0 Å². The zero-order valence-corrected chi connectivity index (χ0v) is 23.6. The van der Waals surface area contributed by atoms with E-state index >= 15 is 0 Å². The Morgan fingerprint density at radius 1 is 1.13 bits per heavy atom. The molecule has 2 heterocycles. The highest BCUT2D eigenvalue weighted by Crippen LogP contribution is 2.37. The van der Waals surface area contributed by atoms with Gasteiger partial charge in [-0.05, 0) is 57.2 Å². The molecule has 0 atom stereocenters. The van der Waals surface area contributed by atoms with Crippen LogP contribution in [0.5, 0.6) is 11.5 Å². The van der Waals surface area contributed by atoms with Gasteiger partial charge in [-0.15, -0.1) is 0 Å². The second-order valence-electron chi connectivity index (χ2n) is 9.81. The maximum atomic E-state index is 12.3. The van der Waals surface area contributed by atoms with Crippen LogP contribution in [0.3, 0.4) is 0 Å². The van der Waals surface area contributed by atoms with Gasteiger partial charge in [0.25, 0.3) is 0 Å². The normalized spacial score (nSPS) is 13.2. The van der Waals surface area contributed by atoms with E-state index in [1.165, 1.54) is 6.33 Å². The van der Waals surface area contributed by atoms with Gasteiger partial charge in [0.05, 0.1) is 15.5 Å². The molecular weight excluding hydrogens is 549 g/mol. The summed E-state index contributed by atoms with van der Waals surface area (Å²) in [6, 6.07) is 12.4. The van der Waals surface area contributed by atoms with Crippen molar-refractivity contribution in [3.63, 3.8) is 0 Å². The average Bonchev–Trinajstić information content (AvgIpc) is 3.24. The molecule has 0 fully saturated rings. The SMILES string of the molecule is CC(C)(C)S(=O)(=O)CC(=O)NCCN1CCc2ncnc(Nc3ccc(Oc4cccc(Cl)c4)c(Cl)c3)c21. The molecule has 1 amide bonds. The predicted molar refractivity (Wildman–Crippen MR) is 151 cm³/mol. The summed E-state index contributed by atoms with van der Waals surface area (Å²) in [5.74, 6) is 0.608. The van der Waals surface area contributed by atoms with Crippen molar-refractivity contribution < 1.29 is 17.9 Å². The van der Waals surface area contributed by atoms with Gasteiger partial charge < -0.3 is 20.3 Å². The number of aromatic nitrogens is 2. The van der Waals surface area contributed by atoms with Gasteiger partial charge in [-0.2, -0.15) is 0 Å². The number of rotatable bonds is 9. The molecule has 3 aromatic rings. The van der Waals surface area contributed by atoms with Crippen molar-refractivity contribution in [3.05, 3.63) is 64.5 Å². The lowest BCUT2D eigenvalue weighted by atomic mass is 10.2. The van der Waals surface area contributed by atoms with Crippen LogP contribution >= 0.6 is 23.2 Å². The van der Waals surface area contributed by atoms with Crippen molar-refractivity contribution >= 4 is 56.1 Å². The van der Waals surface area contributed by atoms with Crippen LogP contribution < -0.4 is 20.3 Å². The molecule has 0 unspecified atom stereocenters. The first-order chi connectivity index (χ1) is 17.9. The van der Waals surface area contributed by atoms with Crippen LogP contribution in [0, 0.1) is 0 Å². The summed E-state index contributed by atoms with van der Waals surface area (Å²) in [5, 5.41) is 6.99. The molecule has 0 saturated carbocycles. The lowest BCUT2D eigenvalue weighted by Crippen LogP contribution is -2.41. The summed E-state index contributed by atoms with van der Waals surface area (Å²) in [7, 11) is -3.54. The second kappa shape index (κ2) is 11.3. The van der Waals surface area contributed by atoms with Gasteiger partial charge >= 0.3 is 0 Å². The molecule has 1 aromatic heterocycles. The summed E-state index contributed by atoms with van der Waals surface area (Å²) < 4.78 is 29.5. The first-order valence-electron chi connectivity index (χ1n) is 12.0. The van der Waals surface area contributed by atoms with Crippen molar-refractivity contribution in [2.45, 2.75) is 31.9 Å². The Kier molecular flexibility index (Phi) is 8.34. The molecule has 202 valence electrons. The van der Waals surface area contributed by atoms with Gasteiger partial charge in [0.15, 0.2) is 15.7 Å². The number of fused-ring (bicyclic) bond motifs is 1. The standard InChI is InChI=1S/C26H29Cl2N5O4S/c1-26(2,3)38(35,36)15-23(34)29-10-12-33-11-9-21-24(33)25(31-16-30-21)32-18-7-8-22(20(28)14-18)37-19-6-4-5-17(27)13-19/h4-8,13-14,16H,9-12,15H2,1-3H3,(H,29,34)(H,30,31,32). The van der Waals surface area contributed by atoms with Crippen LogP contribution in [0.4, 0.5) is 17.2 Å². The van der Waals surface area contributed by atoms with E-state index in [0.29, 0.717) is 46.1 Å². The van der Waals surface area contributed by atoms with E-state index in [4.69, 9.17) is 27.9 Å². The molecule has 9 nitrogen and oxygen atoms in total. The molecule has 2 N–H and O–H groups in total. The van der Waals surface area contributed by atoms with Crippen molar-refractivity contribution in [1.82, 2.24) is 15.3 Å². The highest BCUT2D eigenvalue weighted by molar-refractivity contribution is 7.93. The molecule has 2 aromatic carbocycles. The fourth-order valence-corrected chi connectivity index (χ4v) is 5.10. The van der Waals surface area contributed by atoms with Crippen LogP contribution in [-0.4, -0.2) is 54.4 Å². The Balaban J connectivity index is 1.41. The van der Waals surface area contributed by atoms with Gasteiger partial charge in [0, 0.05) is 36.8 Å². The number of hydrogen-bond acceptors (Lipinski definition) is 8. The Morgan fingerprint density at radius 2 is 1.92 bits per heavy atom. The predicted octanol–water partition coefficient (Wildman–Crippen LogP) is 5.01. The molecule has 0 saturated heterocycles. The fourth-order valence-electron chi connectivity index (χ4n) is 3.82. The number of anilines is 3. The van der Waals surface area contributed by atoms with Gasteiger partial charge in [0.2, 0.25) is 5.91 Å². The van der Waals surface area contributed by atoms with Crippen LogP contribution in [-0.2, 0) is 21.1 Å². The number of amides is 1. The number of carbonyl (C=O) groups excluding carboxylic acids is 1. The summed E-state index contributed by atoms with van der Waals surface area (Å²) in [6.07, 6.45) is 2.23. The first kappa shape index (κ1) is 27.9. The number of ether oxygens (including phenoxy) is 1. The number of nitrogens with zero attached hydrogens (tertiary/aromatic N) is 3. The number of benzene rings is 2. The summed E-state index contributed by atoms with van der Waals surface area (Å²) in [6.45, 7) is 6.21. The number of sulfone groups is 1. The van der Waals surface area contributed by atoms with E-state index in [2.05, 4.69) is 25.5 Å². The summed E-state index contributed by atoms with van der Waals surface area (Å²) >= 11 is 12.5. The van der Waals surface area contributed by atoms with Crippen molar-refractivity contribution in [3.8, 4) is 11.5 Å². The molecule has 0 aliphatic carbocycles. The minimum Gasteiger partial charge on any atom is -0.456 e. The van der Waals surface area contributed by atoms with E-state index in [0.717, 1.165) is 17.8 Å². The number of carbonyl (C=O) groups is 1. The number of hydrogen-bond donors (Lipinski definition) is 2. The first-order valence-corrected chi connectivity index (χ1v) is 14.4. The van der Waals surface area contributed by atoms with Gasteiger partial charge in [-0.3, -0.25) is 4.79 Å². The van der Waals surface area contributed by atoms with E-state index in [9.17, 15) is 13.2 Å². The lowest BCUT2D eigenvalue weighted by Gasteiger charge is -2.22. The van der Waals surface area contributed by atoms with E-state index in [1.54, 1.807) is 57.2 Å². The zero-order valence-electron chi connectivity index (χ0n) is 21.3. The molecule has 1 aliphatic heterocycles. The molecule has 4 rings (SSSR count). The molecule has 0 bridgehead atoms. The van der Waals surface area contributed by atoms with Crippen molar-refractivity contribution in [2.75, 3.05) is 35.6 Å². The molecular formula is C26H29Cl2N5O4S. The number of halogens is 2. The monoisotopic (exact) mass is 577 g/mol. The van der Waals surface area contributed by atoms with Gasteiger partial charge in [-0.25, -0.2) is 18.4 Å². The molecule has 38 heavy (non-hydrogen) atoms. The smallest absolute Gasteiger partial charge is 0.235 e. The van der Waals surface area contributed by atoms with Crippen LogP contribution in [0.2, 0.25) is 10.0 Å². The largest absolute Gasteiger partial charge is 0.456 e. The minimum atomic E-state index is -3.54. The minimum absolute atomic E-state index is 0.285. The third-order valence-corrected chi connectivity index (χ3v) is 9.05. The third kappa shape index (κ3) is 6.67. The molecule has 0 radical (unpaired) electrons. The van der Waals surface area contributed by atoms with Gasteiger partial charge in [0.1, 0.15) is 29.3 Å². The third-order valence-electron chi connectivity index (χ3n) is 6.01. The quantitative estimate of drug-likeness (QED) is 0.364. The topological polar surface area (TPSA) is 114 Å². The number of nitrogens with one attached hydrogen (secondary N) is 2. The lowest BCUT2D eigenvalue weighted by molar-refractivity contribution is -0.118. The second-order valence-corrected chi connectivity index (χ2v) is 13.4. The average molecular weight is 579 g/mol. The summed E-state index contributed by atoms with van der Waals surface area (Å²) in [4.78, 5) is 23.1. The Morgan fingerprint density at radius 3 is 2.63 bits per heavy atom. The van der Waals surface area contributed by atoms with Crippen LogP contribution in [0.1, 0.15) is 26.5 Å². The fraction of sp³-hybridized carbons (Fsp3) is 0.346. The van der Waals surface area contributed by atoms with Crippen LogP contribution in [0.25, 0.3) is 0 Å². The van der Waals surface area contributed by atoms with Crippen LogP contribution in [0.15, 0.2) is 48.8 Å². The molecule has 0 spiro atoms. The maximum absolute atomic E-state index is 12.3. The van der Waals surface area contributed by atoms with Gasteiger partial charge in [-0.1, -0.05) is 29.3 Å². The summed E-state index contributed by atoms with van der Waals surface area (Å²) in [5.41, 5.74) is 2.43. The Labute approximate surface area is 232 Å². The van der Waals surface area contributed by atoms with E-state index < -0.39 is 26.2 Å². The van der Waals surface area contributed by atoms with E-state index in [1.807, 2.05) is 6.07 Å². The highest BCUT2D eigenvalue weighted by Gasteiger charge is 2.31. The zero-order chi connectivity index (χ0) is 27.5. The Hall–Kier alpha value is -3.08. The maximum Gasteiger partial charge on any atom is 0.235 e. The Bertz CT molecular complexity index is 1440. The molecule has 12 heteroatoms. The highest BCUT2D eigenvalue weighted by atomic mass is 35.5. The van der Waals surface area contributed by atoms with E-state index in [-0.39, 0.29) is 6.54 Å². The van der Waals surface area contributed by atoms with Crippen molar-refractivity contribution in [2.24, 2.45) is 0 Å².